The van der Waals surface area contributed by atoms with Crippen LogP contribution in [0.5, 0.6) is 0 Å². The molecule has 28 heavy (non-hydrogen) atoms. The van der Waals surface area contributed by atoms with E-state index in [1.807, 2.05) is 12.1 Å². The highest BCUT2D eigenvalue weighted by atomic mass is 16.1. The van der Waals surface area contributed by atoms with E-state index in [1.54, 1.807) is 29.2 Å². The molecule has 1 saturated heterocycles. The van der Waals surface area contributed by atoms with E-state index in [9.17, 15) is 4.79 Å². The van der Waals surface area contributed by atoms with Crippen LogP contribution in [-0.2, 0) is 13.1 Å². The molecule has 1 aliphatic heterocycles. The Labute approximate surface area is 165 Å². The van der Waals surface area contributed by atoms with Crippen LogP contribution in [0.25, 0.3) is 11.3 Å². The molecular formula is C22H25N5O. The minimum absolute atomic E-state index is 0.0599. The van der Waals surface area contributed by atoms with Gasteiger partial charge in [-0.05, 0) is 23.8 Å². The summed E-state index contributed by atoms with van der Waals surface area (Å²) in [5.74, 6) is 0. The van der Waals surface area contributed by atoms with Crippen molar-refractivity contribution < 1.29 is 0 Å². The van der Waals surface area contributed by atoms with Gasteiger partial charge in [-0.1, -0.05) is 30.3 Å². The highest BCUT2D eigenvalue weighted by Gasteiger charge is 2.17. The summed E-state index contributed by atoms with van der Waals surface area (Å²) in [4.78, 5) is 21.2. The molecule has 1 fully saturated rings. The molecular weight excluding hydrogens is 350 g/mol. The fourth-order valence-electron chi connectivity index (χ4n) is 3.53. The van der Waals surface area contributed by atoms with Crippen LogP contribution in [0.2, 0.25) is 0 Å². The lowest BCUT2D eigenvalue weighted by molar-refractivity contribution is 0.122. The molecule has 3 heterocycles. The molecule has 0 radical (unpaired) electrons. The van der Waals surface area contributed by atoms with Gasteiger partial charge in [-0.15, -0.1) is 0 Å². The molecule has 0 spiro atoms. The zero-order chi connectivity index (χ0) is 19.2. The van der Waals surface area contributed by atoms with Gasteiger partial charge in [-0.3, -0.25) is 19.6 Å². The molecule has 0 amide bonds. The molecule has 0 atom stereocenters. The average Bonchev–Trinajstić information content (AvgIpc) is 2.75. The molecule has 0 unspecified atom stereocenters. The molecule has 0 N–H and O–H groups in total. The van der Waals surface area contributed by atoms with E-state index < -0.39 is 0 Å². The Morgan fingerprint density at radius 2 is 1.61 bits per heavy atom. The highest BCUT2D eigenvalue weighted by Crippen LogP contribution is 2.13. The van der Waals surface area contributed by atoms with E-state index in [4.69, 9.17) is 0 Å². The minimum Gasteiger partial charge on any atom is -0.299 e. The smallest absolute Gasteiger partial charge is 0.266 e. The van der Waals surface area contributed by atoms with E-state index in [2.05, 4.69) is 50.2 Å². The van der Waals surface area contributed by atoms with Crippen molar-refractivity contribution in [3.8, 4) is 11.3 Å². The molecule has 3 aromatic rings. The van der Waals surface area contributed by atoms with Crippen molar-refractivity contribution in [2.24, 2.45) is 0 Å². The minimum atomic E-state index is -0.0599. The Hall–Kier alpha value is -2.83. The number of nitrogens with zero attached hydrogens (tertiary/aromatic N) is 5. The summed E-state index contributed by atoms with van der Waals surface area (Å²) in [6.45, 7) is 6.57. The Balaban J connectivity index is 1.31. The molecule has 0 aliphatic carbocycles. The molecule has 2 aromatic heterocycles. The number of aromatic nitrogens is 3. The van der Waals surface area contributed by atoms with Gasteiger partial charge in [-0.2, -0.15) is 5.10 Å². The summed E-state index contributed by atoms with van der Waals surface area (Å²) in [7, 11) is 0. The average molecular weight is 375 g/mol. The maximum Gasteiger partial charge on any atom is 0.266 e. The molecule has 1 aromatic carbocycles. The number of rotatable bonds is 6. The van der Waals surface area contributed by atoms with E-state index >= 15 is 0 Å². The van der Waals surface area contributed by atoms with Crippen LogP contribution in [0.15, 0.2) is 71.8 Å². The number of piperazine rings is 1. The van der Waals surface area contributed by atoms with E-state index in [-0.39, 0.29) is 5.56 Å². The predicted octanol–water partition coefficient (Wildman–Crippen LogP) is 2.12. The number of benzene rings is 1. The van der Waals surface area contributed by atoms with Crippen LogP contribution in [0.4, 0.5) is 0 Å². The van der Waals surface area contributed by atoms with Gasteiger partial charge in [0, 0.05) is 63.3 Å². The van der Waals surface area contributed by atoms with Gasteiger partial charge >= 0.3 is 0 Å². The van der Waals surface area contributed by atoms with Crippen molar-refractivity contribution in [2.75, 3.05) is 32.7 Å². The summed E-state index contributed by atoms with van der Waals surface area (Å²) in [5, 5.41) is 4.52. The van der Waals surface area contributed by atoms with Crippen molar-refractivity contribution in [2.45, 2.75) is 13.1 Å². The van der Waals surface area contributed by atoms with Gasteiger partial charge in [-0.25, -0.2) is 4.68 Å². The van der Waals surface area contributed by atoms with Crippen LogP contribution >= 0.6 is 0 Å². The van der Waals surface area contributed by atoms with Gasteiger partial charge in [0.05, 0.1) is 12.2 Å². The summed E-state index contributed by atoms with van der Waals surface area (Å²) >= 11 is 0. The first kappa shape index (κ1) is 18.5. The Morgan fingerprint density at radius 3 is 2.36 bits per heavy atom. The fraction of sp³-hybridized carbons (Fsp3) is 0.318. The monoisotopic (exact) mass is 375 g/mol. The largest absolute Gasteiger partial charge is 0.299 e. The second-order valence-corrected chi connectivity index (χ2v) is 7.13. The van der Waals surface area contributed by atoms with Crippen LogP contribution in [0.1, 0.15) is 5.56 Å². The van der Waals surface area contributed by atoms with Crippen LogP contribution < -0.4 is 5.56 Å². The van der Waals surface area contributed by atoms with Crippen LogP contribution in [0, 0.1) is 0 Å². The highest BCUT2D eigenvalue weighted by molar-refractivity contribution is 5.56. The summed E-state index contributed by atoms with van der Waals surface area (Å²) in [6.07, 6.45) is 3.50. The lowest BCUT2D eigenvalue weighted by atomic mass is 10.2. The van der Waals surface area contributed by atoms with Gasteiger partial charge in [0.25, 0.3) is 5.56 Å². The second-order valence-electron chi connectivity index (χ2n) is 7.13. The third kappa shape index (κ3) is 4.71. The lowest BCUT2D eigenvalue weighted by Gasteiger charge is -2.34. The van der Waals surface area contributed by atoms with Crippen LogP contribution in [0.3, 0.4) is 0 Å². The SMILES string of the molecule is O=c1ccc(-c2cccnc2)nn1CCN1CCN(Cc2ccccc2)CC1. The van der Waals surface area contributed by atoms with Crippen molar-refractivity contribution >= 4 is 0 Å². The number of hydrogen-bond donors (Lipinski definition) is 0. The first-order chi connectivity index (χ1) is 13.8. The molecule has 4 rings (SSSR count). The molecule has 0 saturated carbocycles. The van der Waals surface area contributed by atoms with Gasteiger partial charge in [0.1, 0.15) is 0 Å². The van der Waals surface area contributed by atoms with Crippen molar-refractivity contribution in [3.63, 3.8) is 0 Å². The Bertz CT molecular complexity index is 934. The Morgan fingerprint density at radius 1 is 0.821 bits per heavy atom. The van der Waals surface area contributed by atoms with Crippen molar-refractivity contribution in [3.05, 3.63) is 82.9 Å². The molecule has 0 bridgehead atoms. The first-order valence-corrected chi connectivity index (χ1v) is 9.75. The standard InChI is InChI=1S/C22H25N5O/c28-22-9-8-21(20-7-4-10-23-17-20)24-27(22)16-15-25-11-13-26(14-12-25)18-19-5-2-1-3-6-19/h1-10,17H,11-16,18H2. The van der Waals surface area contributed by atoms with Crippen molar-refractivity contribution in [1.82, 2.24) is 24.6 Å². The maximum atomic E-state index is 12.2. The third-order valence-electron chi connectivity index (χ3n) is 5.17. The normalized spacial score (nSPS) is 15.6. The van der Waals surface area contributed by atoms with Crippen LogP contribution in [-0.4, -0.2) is 57.3 Å². The summed E-state index contributed by atoms with van der Waals surface area (Å²) in [6, 6.07) is 17.8. The molecule has 1 aliphatic rings. The predicted molar refractivity (Wildman–Crippen MR) is 110 cm³/mol. The van der Waals surface area contributed by atoms with E-state index in [1.165, 1.54) is 5.56 Å². The summed E-state index contributed by atoms with van der Waals surface area (Å²) in [5.41, 5.74) is 3.00. The number of hydrogen-bond acceptors (Lipinski definition) is 5. The van der Waals surface area contributed by atoms with Gasteiger partial charge in [0.2, 0.25) is 0 Å². The maximum absolute atomic E-state index is 12.2. The zero-order valence-corrected chi connectivity index (χ0v) is 15.9. The van der Waals surface area contributed by atoms with E-state index in [0.29, 0.717) is 6.54 Å². The third-order valence-corrected chi connectivity index (χ3v) is 5.17. The quantitative estimate of drug-likeness (QED) is 0.661. The van der Waals surface area contributed by atoms with Gasteiger partial charge in [0.15, 0.2) is 0 Å². The van der Waals surface area contributed by atoms with Gasteiger partial charge < -0.3 is 0 Å². The first-order valence-electron chi connectivity index (χ1n) is 9.75. The molecule has 6 nitrogen and oxygen atoms in total. The number of pyridine rings is 1. The molecule has 144 valence electrons. The Kier molecular flexibility index (Phi) is 5.89. The topological polar surface area (TPSA) is 54.3 Å². The second kappa shape index (κ2) is 8.91. The lowest BCUT2D eigenvalue weighted by Crippen LogP contribution is -2.47. The zero-order valence-electron chi connectivity index (χ0n) is 15.9. The van der Waals surface area contributed by atoms with E-state index in [0.717, 1.165) is 50.5 Å². The van der Waals surface area contributed by atoms with Crippen molar-refractivity contribution in [1.29, 1.82) is 0 Å². The fourth-order valence-corrected chi connectivity index (χ4v) is 3.53. The molecule has 6 heteroatoms. The summed E-state index contributed by atoms with van der Waals surface area (Å²) < 4.78 is 1.57.